The third kappa shape index (κ3) is 3.56. The zero-order valence-electron chi connectivity index (χ0n) is 11.6. The number of halogens is 4. The van der Waals surface area contributed by atoms with Crippen LogP contribution in [0.3, 0.4) is 0 Å². The van der Waals surface area contributed by atoms with E-state index in [1.54, 1.807) is 6.92 Å². The van der Waals surface area contributed by atoms with Crippen molar-refractivity contribution in [1.82, 2.24) is 24.9 Å². The summed E-state index contributed by atoms with van der Waals surface area (Å²) in [6, 6.07) is 1.23. The van der Waals surface area contributed by atoms with Crippen LogP contribution in [0, 0.1) is 6.92 Å². The molecule has 0 bridgehead atoms. The molecule has 0 unspecified atom stereocenters. The maximum Gasteiger partial charge on any atom is 0.333 e. The molecule has 120 valence electrons. The van der Waals surface area contributed by atoms with Gasteiger partial charge in [-0.2, -0.15) is 23.7 Å². The largest absolute Gasteiger partial charge is 0.351 e. The zero-order valence-corrected chi connectivity index (χ0v) is 13.1. The summed E-state index contributed by atoms with van der Waals surface area (Å²) in [5, 5.41) is 10.8. The average molecular weight is 352 g/mol. The molecule has 0 aromatic carbocycles. The van der Waals surface area contributed by atoms with Gasteiger partial charge < -0.3 is 5.32 Å². The predicted octanol–water partition coefficient (Wildman–Crippen LogP) is 2.91. The van der Waals surface area contributed by atoms with Gasteiger partial charge in [-0.05, 0) is 19.4 Å². The van der Waals surface area contributed by atoms with E-state index in [2.05, 4.69) is 15.5 Å². The van der Waals surface area contributed by atoms with E-state index in [0.717, 1.165) is 6.20 Å². The highest BCUT2D eigenvalue weighted by molar-refractivity contribution is 6.41. The van der Waals surface area contributed by atoms with Crippen LogP contribution in [0.4, 0.5) is 8.78 Å². The van der Waals surface area contributed by atoms with E-state index >= 15 is 0 Å². The number of nitrogens with one attached hydrogen (secondary N) is 1. The smallest absolute Gasteiger partial charge is 0.333 e. The van der Waals surface area contributed by atoms with E-state index in [-0.39, 0.29) is 12.2 Å². The lowest BCUT2D eigenvalue weighted by Crippen LogP contribution is -2.28. The highest BCUT2D eigenvalue weighted by atomic mass is 35.5. The Labute approximate surface area is 135 Å². The molecule has 0 fully saturated rings. The van der Waals surface area contributed by atoms with Crippen LogP contribution in [0.2, 0.25) is 10.2 Å². The first kappa shape index (κ1) is 16.7. The van der Waals surface area contributed by atoms with Gasteiger partial charge in [0.1, 0.15) is 15.9 Å². The van der Waals surface area contributed by atoms with Crippen molar-refractivity contribution in [2.45, 2.75) is 26.4 Å². The summed E-state index contributed by atoms with van der Waals surface area (Å²) in [5.41, 5.74) is 0.433. The molecule has 0 saturated carbocycles. The number of amides is 1. The minimum Gasteiger partial charge on any atom is -0.351 e. The molecule has 0 atom stereocenters. The Hall–Kier alpha value is -1.67. The number of hydrogen-bond donors (Lipinski definition) is 1. The molecule has 6 nitrogen and oxygen atoms in total. The Morgan fingerprint density at radius 3 is 2.77 bits per heavy atom. The van der Waals surface area contributed by atoms with Crippen LogP contribution in [-0.4, -0.2) is 32.0 Å². The molecule has 2 aromatic heterocycles. The van der Waals surface area contributed by atoms with E-state index in [1.165, 1.54) is 10.7 Å². The molecule has 1 N–H and O–H groups in total. The molecule has 0 spiro atoms. The van der Waals surface area contributed by atoms with Crippen molar-refractivity contribution in [2.75, 3.05) is 6.54 Å². The fraction of sp³-hybridized carbons (Fsp3) is 0.417. The molecule has 2 heterocycles. The molecule has 0 saturated heterocycles. The maximum atomic E-state index is 12.6. The van der Waals surface area contributed by atoms with Gasteiger partial charge in [0.15, 0.2) is 0 Å². The summed E-state index contributed by atoms with van der Waals surface area (Å²) < 4.78 is 27.1. The van der Waals surface area contributed by atoms with Crippen LogP contribution < -0.4 is 5.32 Å². The average Bonchev–Trinajstić information content (AvgIpc) is 3.05. The molecule has 0 aliphatic rings. The molecular weight excluding hydrogens is 339 g/mol. The number of carbonyl (C=O) groups excluding carboxylic acids is 1. The highest BCUT2D eigenvalue weighted by Crippen LogP contribution is 2.24. The van der Waals surface area contributed by atoms with Gasteiger partial charge in [-0.1, -0.05) is 23.2 Å². The lowest BCUT2D eigenvalue weighted by molar-refractivity contribution is 0.0509. The van der Waals surface area contributed by atoms with Crippen molar-refractivity contribution >= 4 is 29.1 Å². The van der Waals surface area contributed by atoms with Crippen LogP contribution in [0.1, 0.15) is 29.2 Å². The summed E-state index contributed by atoms with van der Waals surface area (Å²) in [7, 11) is 0. The minimum absolute atomic E-state index is 0.189. The molecule has 2 aromatic rings. The molecule has 0 aliphatic heterocycles. The van der Waals surface area contributed by atoms with E-state index < -0.39 is 12.5 Å². The SMILES string of the molecule is Cc1nn(CCCNC(=O)c2ccnn2C(F)F)c(Cl)c1Cl. The summed E-state index contributed by atoms with van der Waals surface area (Å²) in [6.07, 6.45) is 1.67. The first-order valence-corrected chi connectivity index (χ1v) is 7.15. The van der Waals surface area contributed by atoms with Gasteiger partial charge in [-0.15, -0.1) is 0 Å². The van der Waals surface area contributed by atoms with E-state index in [9.17, 15) is 13.6 Å². The quantitative estimate of drug-likeness (QED) is 0.813. The van der Waals surface area contributed by atoms with Crippen molar-refractivity contribution < 1.29 is 13.6 Å². The van der Waals surface area contributed by atoms with Crippen molar-refractivity contribution in [1.29, 1.82) is 0 Å². The summed E-state index contributed by atoms with van der Waals surface area (Å²) in [5.74, 6) is -0.612. The maximum absolute atomic E-state index is 12.6. The zero-order chi connectivity index (χ0) is 16.3. The number of aryl methyl sites for hydroxylation is 2. The van der Waals surface area contributed by atoms with E-state index in [4.69, 9.17) is 23.2 Å². The molecule has 0 radical (unpaired) electrons. The fourth-order valence-corrected chi connectivity index (χ4v) is 2.24. The third-order valence-corrected chi connectivity index (χ3v) is 3.85. The Bertz CT molecular complexity index is 671. The van der Waals surface area contributed by atoms with Gasteiger partial charge in [-0.25, -0.2) is 0 Å². The normalized spacial score (nSPS) is 11.2. The third-order valence-electron chi connectivity index (χ3n) is 2.92. The van der Waals surface area contributed by atoms with Crippen LogP contribution in [0.15, 0.2) is 12.3 Å². The summed E-state index contributed by atoms with van der Waals surface area (Å²) in [6.45, 7) is -0.400. The summed E-state index contributed by atoms with van der Waals surface area (Å²) in [4.78, 5) is 11.8. The van der Waals surface area contributed by atoms with Crippen molar-refractivity contribution in [3.8, 4) is 0 Å². The van der Waals surface area contributed by atoms with Gasteiger partial charge in [0.2, 0.25) is 0 Å². The van der Waals surface area contributed by atoms with Gasteiger partial charge in [0, 0.05) is 19.3 Å². The second-order valence-electron chi connectivity index (χ2n) is 4.46. The molecule has 0 aliphatic carbocycles. The Balaban J connectivity index is 1.85. The van der Waals surface area contributed by atoms with Gasteiger partial charge >= 0.3 is 6.55 Å². The second kappa shape index (κ2) is 7.06. The Morgan fingerprint density at radius 1 is 1.45 bits per heavy atom. The number of alkyl halides is 2. The van der Waals surface area contributed by atoms with Gasteiger partial charge in [0.25, 0.3) is 5.91 Å². The Kier molecular flexibility index (Phi) is 5.36. The monoisotopic (exact) mass is 351 g/mol. The van der Waals surface area contributed by atoms with Gasteiger partial charge in [0.05, 0.1) is 5.69 Å². The number of hydrogen-bond acceptors (Lipinski definition) is 3. The number of nitrogens with zero attached hydrogens (tertiary/aromatic N) is 4. The molecule has 22 heavy (non-hydrogen) atoms. The van der Waals surface area contributed by atoms with Crippen molar-refractivity contribution in [3.63, 3.8) is 0 Å². The van der Waals surface area contributed by atoms with Crippen LogP contribution >= 0.6 is 23.2 Å². The van der Waals surface area contributed by atoms with E-state index in [0.29, 0.717) is 33.5 Å². The summed E-state index contributed by atoms with van der Waals surface area (Å²) >= 11 is 11.9. The topological polar surface area (TPSA) is 64.7 Å². The molecule has 1 amide bonds. The van der Waals surface area contributed by atoms with Crippen LogP contribution in [0.5, 0.6) is 0 Å². The molecule has 10 heteroatoms. The highest BCUT2D eigenvalue weighted by Gasteiger charge is 2.17. The predicted molar refractivity (Wildman–Crippen MR) is 77.4 cm³/mol. The van der Waals surface area contributed by atoms with Crippen LogP contribution in [0.25, 0.3) is 0 Å². The first-order chi connectivity index (χ1) is 10.4. The lowest BCUT2D eigenvalue weighted by atomic mass is 10.3. The number of rotatable bonds is 6. The second-order valence-corrected chi connectivity index (χ2v) is 5.20. The van der Waals surface area contributed by atoms with E-state index in [1.807, 2.05) is 0 Å². The van der Waals surface area contributed by atoms with Crippen molar-refractivity contribution in [2.24, 2.45) is 0 Å². The molecule has 2 rings (SSSR count). The minimum atomic E-state index is -2.86. The standard InChI is InChI=1S/C12H13Cl2F2N5O/c1-7-9(13)10(14)20(19-7)6-2-4-17-11(22)8-3-5-18-21(8)12(15)16/h3,5,12H,2,4,6H2,1H3,(H,17,22). The van der Waals surface area contributed by atoms with Crippen molar-refractivity contribution in [3.05, 3.63) is 33.8 Å². The fourth-order valence-electron chi connectivity index (χ4n) is 1.85. The number of carbonyl (C=O) groups is 1. The van der Waals surface area contributed by atoms with Crippen LogP contribution in [-0.2, 0) is 6.54 Å². The Morgan fingerprint density at radius 2 is 2.18 bits per heavy atom. The first-order valence-electron chi connectivity index (χ1n) is 6.40. The molecular formula is C12H13Cl2F2N5O. The number of aromatic nitrogens is 4. The van der Waals surface area contributed by atoms with Gasteiger partial charge in [-0.3, -0.25) is 9.48 Å². The lowest BCUT2D eigenvalue weighted by Gasteiger charge is -2.08.